The van der Waals surface area contributed by atoms with Gasteiger partial charge in [-0.1, -0.05) is 0 Å². The first-order chi connectivity index (χ1) is 3.70. The summed E-state index contributed by atoms with van der Waals surface area (Å²) in [5.41, 5.74) is 0.477. The molecular weight excluding hydrogens is 98.1 g/mol. The number of hydrogen-bond acceptors (Lipinski definition) is 1. The van der Waals surface area contributed by atoms with E-state index in [1.807, 2.05) is 0 Å². The van der Waals surface area contributed by atoms with E-state index in [4.69, 9.17) is 0 Å². The van der Waals surface area contributed by atoms with E-state index < -0.39 is 0 Å². The fraction of sp³-hybridized carbons (Fsp3) is 1.00. The largest absolute Gasteiger partial charge is 0.311 e. The highest BCUT2D eigenvalue weighted by molar-refractivity contribution is 5.07. The molecular formula is C7H13N. The third kappa shape index (κ3) is 0.455. The van der Waals surface area contributed by atoms with Crippen molar-refractivity contribution in [3.05, 3.63) is 0 Å². The van der Waals surface area contributed by atoms with Crippen molar-refractivity contribution < 1.29 is 0 Å². The lowest BCUT2D eigenvalue weighted by Gasteiger charge is -2.20. The summed E-state index contributed by atoms with van der Waals surface area (Å²) in [6.45, 7) is 5.90. The molecule has 1 saturated heterocycles. The summed E-state index contributed by atoms with van der Waals surface area (Å²) in [5.74, 6) is 2.06. The molecule has 0 radical (unpaired) electrons. The van der Waals surface area contributed by atoms with Gasteiger partial charge in [0.05, 0.1) is 0 Å². The summed E-state index contributed by atoms with van der Waals surface area (Å²) in [4.78, 5) is 0. The molecule has 2 atom stereocenters. The van der Waals surface area contributed by atoms with Crippen LogP contribution in [0, 0.1) is 11.8 Å². The maximum absolute atomic E-state index is 3.50. The lowest BCUT2D eigenvalue weighted by atomic mass is 10.0. The third-order valence-corrected chi connectivity index (χ3v) is 2.67. The average molecular weight is 111 g/mol. The summed E-state index contributed by atoms with van der Waals surface area (Å²) >= 11 is 0. The van der Waals surface area contributed by atoms with Crippen molar-refractivity contribution >= 4 is 0 Å². The van der Waals surface area contributed by atoms with E-state index in [0.717, 1.165) is 11.8 Å². The first-order valence-electron chi connectivity index (χ1n) is 3.45. The molecule has 0 aromatic carbocycles. The maximum Gasteiger partial charge on any atom is 0.0156 e. The second-order valence-electron chi connectivity index (χ2n) is 3.70. The minimum atomic E-state index is 0.477. The van der Waals surface area contributed by atoms with Gasteiger partial charge in [0, 0.05) is 5.54 Å². The van der Waals surface area contributed by atoms with Gasteiger partial charge in [0.25, 0.3) is 0 Å². The quantitative estimate of drug-likeness (QED) is 0.492. The zero-order valence-electron chi connectivity index (χ0n) is 5.57. The Morgan fingerprint density at radius 1 is 1.50 bits per heavy atom. The van der Waals surface area contributed by atoms with Gasteiger partial charge in [0.15, 0.2) is 0 Å². The summed E-state index contributed by atoms with van der Waals surface area (Å²) in [7, 11) is 0. The maximum atomic E-state index is 3.50. The number of nitrogens with one attached hydrogen (secondary N) is 1. The lowest BCUT2D eigenvalue weighted by Crippen LogP contribution is -2.36. The fourth-order valence-electron chi connectivity index (χ4n) is 1.88. The predicted molar refractivity (Wildman–Crippen MR) is 33.7 cm³/mol. The van der Waals surface area contributed by atoms with Crippen LogP contribution in [-0.2, 0) is 0 Å². The van der Waals surface area contributed by atoms with Crippen LogP contribution >= 0.6 is 0 Å². The van der Waals surface area contributed by atoms with Crippen LogP contribution in [0.1, 0.15) is 20.3 Å². The van der Waals surface area contributed by atoms with E-state index in [1.54, 1.807) is 0 Å². The zero-order chi connectivity index (χ0) is 5.78. The van der Waals surface area contributed by atoms with Crippen LogP contribution in [-0.4, -0.2) is 12.1 Å². The number of hydrogen-bond donors (Lipinski definition) is 1. The Morgan fingerprint density at radius 2 is 2.25 bits per heavy atom. The van der Waals surface area contributed by atoms with Gasteiger partial charge in [0.1, 0.15) is 0 Å². The molecule has 1 aliphatic heterocycles. The van der Waals surface area contributed by atoms with Gasteiger partial charge in [-0.05, 0) is 38.6 Å². The van der Waals surface area contributed by atoms with Gasteiger partial charge < -0.3 is 5.32 Å². The summed E-state index contributed by atoms with van der Waals surface area (Å²) in [6.07, 6.45) is 1.49. The Labute approximate surface area is 50.5 Å². The van der Waals surface area contributed by atoms with Crippen LogP contribution in [0.3, 0.4) is 0 Å². The average Bonchev–Trinajstić information content (AvgIpc) is 2.34. The van der Waals surface area contributed by atoms with E-state index in [9.17, 15) is 0 Å². The van der Waals surface area contributed by atoms with Gasteiger partial charge >= 0.3 is 0 Å². The van der Waals surface area contributed by atoms with Crippen molar-refractivity contribution in [2.75, 3.05) is 6.54 Å². The van der Waals surface area contributed by atoms with Gasteiger partial charge in [-0.15, -0.1) is 0 Å². The molecule has 0 bridgehead atoms. The van der Waals surface area contributed by atoms with Gasteiger partial charge in [-0.2, -0.15) is 0 Å². The Hall–Kier alpha value is -0.0400. The van der Waals surface area contributed by atoms with Gasteiger partial charge in [-0.25, -0.2) is 0 Å². The molecule has 2 rings (SSSR count). The number of rotatable bonds is 0. The fourth-order valence-corrected chi connectivity index (χ4v) is 1.88. The molecule has 8 heavy (non-hydrogen) atoms. The zero-order valence-corrected chi connectivity index (χ0v) is 5.57. The minimum absolute atomic E-state index is 0.477. The van der Waals surface area contributed by atoms with Crippen molar-refractivity contribution in [2.24, 2.45) is 11.8 Å². The highest BCUT2D eigenvalue weighted by Gasteiger charge is 2.52. The van der Waals surface area contributed by atoms with Crippen molar-refractivity contribution in [1.82, 2.24) is 5.32 Å². The van der Waals surface area contributed by atoms with Gasteiger partial charge in [-0.3, -0.25) is 0 Å². The predicted octanol–water partition coefficient (Wildman–Crippen LogP) is 1.00. The highest BCUT2D eigenvalue weighted by Crippen LogP contribution is 2.50. The van der Waals surface area contributed by atoms with Gasteiger partial charge in [0.2, 0.25) is 0 Å². The van der Waals surface area contributed by atoms with Crippen molar-refractivity contribution in [1.29, 1.82) is 0 Å². The Kier molecular flexibility index (Phi) is 0.663. The summed E-state index contributed by atoms with van der Waals surface area (Å²) in [5, 5.41) is 3.50. The number of fused-ring (bicyclic) bond motifs is 1. The van der Waals surface area contributed by atoms with E-state index in [2.05, 4.69) is 19.2 Å². The Bertz CT molecular complexity index is 118. The van der Waals surface area contributed by atoms with Crippen LogP contribution in [0.5, 0.6) is 0 Å². The molecule has 0 aromatic rings. The first kappa shape index (κ1) is 4.80. The molecule has 1 heterocycles. The van der Waals surface area contributed by atoms with E-state index in [0.29, 0.717) is 5.54 Å². The second kappa shape index (κ2) is 1.10. The number of piperidine rings is 1. The van der Waals surface area contributed by atoms with E-state index in [1.165, 1.54) is 13.0 Å². The summed E-state index contributed by atoms with van der Waals surface area (Å²) < 4.78 is 0. The molecule has 2 aliphatic rings. The van der Waals surface area contributed by atoms with E-state index in [-0.39, 0.29) is 0 Å². The SMILES string of the molecule is CC1(C)NCC2CC21. The van der Waals surface area contributed by atoms with Crippen LogP contribution in [0.15, 0.2) is 0 Å². The van der Waals surface area contributed by atoms with E-state index >= 15 is 0 Å². The smallest absolute Gasteiger partial charge is 0.0156 e. The van der Waals surface area contributed by atoms with Crippen molar-refractivity contribution in [2.45, 2.75) is 25.8 Å². The molecule has 0 spiro atoms. The van der Waals surface area contributed by atoms with Crippen molar-refractivity contribution in [3.63, 3.8) is 0 Å². The molecule has 2 unspecified atom stereocenters. The second-order valence-corrected chi connectivity index (χ2v) is 3.70. The van der Waals surface area contributed by atoms with Crippen LogP contribution in [0.25, 0.3) is 0 Å². The van der Waals surface area contributed by atoms with Crippen molar-refractivity contribution in [3.8, 4) is 0 Å². The lowest BCUT2D eigenvalue weighted by molar-refractivity contribution is 0.400. The van der Waals surface area contributed by atoms with Crippen LogP contribution in [0.4, 0.5) is 0 Å². The van der Waals surface area contributed by atoms with Crippen LogP contribution in [0.2, 0.25) is 0 Å². The summed E-state index contributed by atoms with van der Waals surface area (Å²) in [6, 6.07) is 0. The molecule has 1 heteroatoms. The third-order valence-electron chi connectivity index (χ3n) is 2.67. The molecule has 1 N–H and O–H groups in total. The Morgan fingerprint density at radius 3 is 2.38 bits per heavy atom. The molecule has 0 amide bonds. The molecule has 1 nitrogen and oxygen atoms in total. The molecule has 2 fully saturated rings. The normalized spacial score (nSPS) is 48.8. The molecule has 1 saturated carbocycles. The molecule has 46 valence electrons. The standard InChI is InChI=1S/C7H13N/c1-7(2)6-3-5(6)4-8-7/h5-6,8H,3-4H2,1-2H3. The van der Waals surface area contributed by atoms with Crippen LogP contribution < -0.4 is 5.32 Å². The first-order valence-corrected chi connectivity index (χ1v) is 3.45. The monoisotopic (exact) mass is 111 g/mol. The highest BCUT2D eigenvalue weighted by atomic mass is 15.0. The Balaban J connectivity index is 2.17. The minimum Gasteiger partial charge on any atom is -0.311 e. The molecule has 0 aromatic heterocycles. The topological polar surface area (TPSA) is 12.0 Å². The molecule has 1 aliphatic carbocycles.